The Labute approximate surface area is 200 Å². The van der Waals surface area contributed by atoms with Crippen molar-refractivity contribution in [3.8, 4) is 22.8 Å². The van der Waals surface area contributed by atoms with Gasteiger partial charge >= 0.3 is 0 Å². The summed E-state index contributed by atoms with van der Waals surface area (Å²) in [5, 5.41) is 2.60. The lowest BCUT2D eigenvalue weighted by molar-refractivity contribution is 0.385. The van der Waals surface area contributed by atoms with Gasteiger partial charge in [-0.2, -0.15) is 0 Å². The minimum absolute atomic E-state index is 0.228. The lowest BCUT2D eigenvalue weighted by atomic mass is 9.98. The molecule has 8 heteroatoms. The molecule has 0 unspecified atom stereocenters. The van der Waals surface area contributed by atoms with Gasteiger partial charge in [0.1, 0.15) is 16.4 Å². The van der Waals surface area contributed by atoms with Crippen LogP contribution in [0.2, 0.25) is 0 Å². The Hall–Kier alpha value is -2.58. The molecule has 4 rings (SSSR count). The average Bonchev–Trinajstić information content (AvgIpc) is 3.27. The molecule has 33 heavy (non-hydrogen) atoms. The van der Waals surface area contributed by atoms with Crippen molar-refractivity contribution in [1.29, 1.82) is 0 Å². The minimum Gasteiger partial charge on any atom is -0.497 e. The van der Waals surface area contributed by atoms with Crippen LogP contribution < -0.4 is 14.4 Å². The Morgan fingerprint density at radius 2 is 1.67 bits per heavy atom. The van der Waals surface area contributed by atoms with Crippen molar-refractivity contribution >= 4 is 26.3 Å². The molecular formula is C25H30N2O4S2. The molecule has 3 aromatic rings. The van der Waals surface area contributed by atoms with E-state index >= 15 is 0 Å². The predicted octanol–water partition coefficient (Wildman–Crippen LogP) is 5.20. The standard InChI is InChI=1S/C25H30N2O4S2/c1-16-12-17(2)24(18(3)13-16)21-15-32-25(26-21)27-10-8-20(9-11-27)33(28,29)23-7-6-19(30-4)14-22(23)31-5/h6-7,12-15,20H,8-11H2,1-5H3. The molecule has 1 aromatic heterocycles. The maximum atomic E-state index is 13.3. The minimum atomic E-state index is -3.51. The third-order valence-corrected chi connectivity index (χ3v) is 9.45. The van der Waals surface area contributed by atoms with Gasteiger partial charge in [-0.15, -0.1) is 11.3 Å². The second kappa shape index (κ2) is 9.35. The number of aryl methyl sites for hydroxylation is 3. The zero-order chi connectivity index (χ0) is 23.8. The number of piperidine rings is 1. The molecule has 0 aliphatic carbocycles. The monoisotopic (exact) mass is 486 g/mol. The molecule has 1 aliphatic rings. The normalized spacial score (nSPS) is 15.0. The van der Waals surface area contributed by atoms with Crippen LogP contribution in [0.1, 0.15) is 29.5 Å². The van der Waals surface area contributed by atoms with E-state index in [1.807, 2.05) is 0 Å². The van der Waals surface area contributed by atoms with E-state index < -0.39 is 15.1 Å². The highest BCUT2D eigenvalue weighted by Gasteiger charge is 2.34. The van der Waals surface area contributed by atoms with Crippen molar-refractivity contribution in [2.45, 2.75) is 43.8 Å². The molecule has 1 saturated heterocycles. The number of anilines is 1. The van der Waals surface area contributed by atoms with Crippen LogP contribution in [0.15, 0.2) is 40.6 Å². The number of rotatable bonds is 6. The second-order valence-electron chi connectivity index (χ2n) is 8.54. The molecule has 1 aliphatic heterocycles. The van der Waals surface area contributed by atoms with E-state index in [1.54, 1.807) is 36.6 Å². The van der Waals surface area contributed by atoms with Crippen molar-refractivity contribution in [3.05, 3.63) is 52.4 Å². The molecule has 0 N–H and O–H groups in total. The second-order valence-corrected chi connectivity index (χ2v) is 11.6. The van der Waals surface area contributed by atoms with E-state index in [4.69, 9.17) is 14.5 Å². The Bertz CT molecular complexity index is 1240. The number of aromatic nitrogens is 1. The van der Waals surface area contributed by atoms with Gasteiger partial charge in [-0.3, -0.25) is 0 Å². The molecule has 0 saturated carbocycles. The van der Waals surface area contributed by atoms with E-state index in [-0.39, 0.29) is 4.90 Å². The Balaban J connectivity index is 1.50. The number of hydrogen-bond acceptors (Lipinski definition) is 7. The third kappa shape index (κ3) is 4.59. The number of thiazole rings is 1. The number of nitrogens with zero attached hydrogens (tertiary/aromatic N) is 2. The Morgan fingerprint density at radius 3 is 2.27 bits per heavy atom. The summed E-state index contributed by atoms with van der Waals surface area (Å²) in [6.07, 6.45) is 1.10. The Kier molecular flexibility index (Phi) is 6.68. The maximum Gasteiger partial charge on any atom is 0.185 e. The Morgan fingerprint density at radius 1 is 1.00 bits per heavy atom. The van der Waals surface area contributed by atoms with Crippen molar-refractivity contribution < 1.29 is 17.9 Å². The molecule has 6 nitrogen and oxygen atoms in total. The van der Waals surface area contributed by atoms with Crippen LogP contribution in [-0.2, 0) is 9.84 Å². The lowest BCUT2D eigenvalue weighted by Crippen LogP contribution is -2.39. The molecule has 1 fully saturated rings. The number of ether oxygens (including phenoxy) is 2. The predicted molar refractivity (Wildman–Crippen MR) is 134 cm³/mol. The summed E-state index contributed by atoms with van der Waals surface area (Å²) < 4.78 is 37.2. The van der Waals surface area contributed by atoms with Crippen LogP contribution in [0.4, 0.5) is 5.13 Å². The summed E-state index contributed by atoms with van der Waals surface area (Å²) in [7, 11) is -0.487. The van der Waals surface area contributed by atoms with Gasteiger partial charge in [0.15, 0.2) is 15.0 Å². The fraction of sp³-hybridized carbons (Fsp3) is 0.400. The van der Waals surface area contributed by atoms with Crippen LogP contribution in [-0.4, -0.2) is 46.0 Å². The number of hydrogen-bond donors (Lipinski definition) is 0. The molecule has 0 spiro atoms. The fourth-order valence-corrected chi connectivity index (χ4v) is 7.40. The molecule has 2 aromatic carbocycles. The number of sulfone groups is 1. The van der Waals surface area contributed by atoms with Gasteiger partial charge in [0.25, 0.3) is 0 Å². The van der Waals surface area contributed by atoms with Gasteiger partial charge in [-0.05, 0) is 56.9 Å². The van der Waals surface area contributed by atoms with Crippen LogP contribution in [0.5, 0.6) is 11.5 Å². The van der Waals surface area contributed by atoms with Crippen LogP contribution in [0, 0.1) is 20.8 Å². The third-order valence-electron chi connectivity index (χ3n) is 6.25. The average molecular weight is 487 g/mol. The highest BCUT2D eigenvalue weighted by Crippen LogP contribution is 2.36. The van der Waals surface area contributed by atoms with Gasteiger partial charge in [0.05, 0.1) is 25.2 Å². The first kappa shape index (κ1) is 23.6. The van der Waals surface area contributed by atoms with E-state index in [1.165, 1.54) is 29.4 Å². The largest absolute Gasteiger partial charge is 0.497 e. The summed E-state index contributed by atoms with van der Waals surface area (Å²) >= 11 is 1.62. The summed E-state index contributed by atoms with van der Waals surface area (Å²) in [6, 6.07) is 9.24. The van der Waals surface area contributed by atoms with Gasteiger partial charge in [0, 0.05) is 30.1 Å². The SMILES string of the molecule is COc1ccc(S(=O)(=O)C2CCN(c3nc(-c4c(C)cc(C)cc4C)cs3)CC2)c(OC)c1. The first-order chi connectivity index (χ1) is 15.7. The van der Waals surface area contributed by atoms with E-state index in [0.717, 1.165) is 10.8 Å². The van der Waals surface area contributed by atoms with Gasteiger partial charge in [-0.25, -0.2) is 13.4 Å². The smallest absolute Gasteiger partial charge is 0.185 e. The molecule has 0 atom stereocenters. The number of methoxy groups -OCH3 is 2. The van der Waals surface area contributed by atoms with Crippen molar-refractivity contribution in [1.82, 2.24) is 4.98 Å². The summed E-state index contributed by atoms with van der Waals surface area (Å²) in [5.41, 5.74) is 5.88. The topological polar surface area (TPSA) is 68.7 Å². The quantitative estimate of drug-likeness (QED) is 0.477. The summed E-state index contributed by atoms with van der Waals surface area (Å²) in [6.45, 7) is 7.66. The van der Waals surface area contributed by atoms with Crippen LogP contribution in [0.3, 0.4) is 0 Å². The van der Waals surface area contributed by atoms with Gasteiger partial charge in [-0.1, -0.05) is 17.7 Å². The molecule has 176 valence electrons. The summed E-state index contributed by atoms with van der Waals surface area (Å²) in [4.78, 5) is 7.34. The highest BCUT2D eigenvalue weighted by molar-refractivity contribution is 7.92. The molecule has 0 bridgehead atoms. The lowest BCUT2D eigenvalue weighted by Gasteiger charge is -2.31. The molecule has 0 amide bonds. The van der Waals surface area contributed by atoms with E-state index in [0.29, 0.717) is 37.4 Å². The molecule has 0 radical (unpaired) electrons. The van der Waals surface area contributed by atoms with Crippen LogP contribution in [0.25, 0.3) is 11.3 Å². The van der Waals surface area contributed by atoms with E-state index in [2.05, 4.69) is 43.2 Å². The first-order valence-electron chi connectivity index (χ1n) is 11.0. The molecular weight excluding hydrogens is 456 g/mol. The zero-order valence-corrected chi connectivity index (χ0v) is 21.3. The zero-order valence-electron chi connectivity index (χ0n) is 19.7. The molecule has 2 heterocycles. The van der Waals surface area contributed by atoms with Crippen molar-refractivity contribution in [3.63, 3.8) is 0 Å². The summed E-state index contributed by atoms with van der Waals surface area (Å²) in [5.74, 6) is 0.893. The fourth-order valence-electron chi connectivity index (χ4n) is 4.66. The van der Waals surface area contributed by atoms with Gasteiger partial charge in [0.2, 0.25) is 0 Å². The maximum absolute atomic E-state index is 13.3. The highest BCUT2D eigenvalue weighted by atomic mass is 32.2. The number of benzene rings is 2. The van der Waals surface area contributed by atoms with Crippen molar-refractivity contribution in [2.75, 3.05) is 32.2 Å². The van der Waals surface area contributed by atoms with Gasteiger partial charge < -0.3 is 14.4 Å². The first-order valence-corrected chi connectivity index (χ1v) is 13.4. The van der Waals surface area contributed by atoms with E-state index in [9.17, 15) is 8.42 Å². The van der Waals surface area contributed by atoms with Crippen molar-refractivity contribution in [2.24, 2.45) is 0 Å². The van der Waals surface area contributed by atoms with Crippen LogP contribution >= 0.6 is 11.3 Å².